The molecule has 0 fully saturated rings. The second kappa shape index (κ2) is 6.62. The first-order valence-electron chi connectivity index (χ1n) is 4.07. The van der Waals surface area contributed by atoms with Crippen LogP contribution in [-0.4, -0.2) is 55.6 Å². The third-order valence-electron chi connectivity index (χ3n) is 1.34. The molecule has 0 saturated carbocycles. The first-order valence-corrected chi connectivity index (χ1v) is 7.14. The molecule has 0 spiro atoms. The first-order chi connectivity index (χ1) is 7.92. The molecule has 0 radical (unpaired) electrons. The second-order valence-electron chi connectivity index (χ2n) is 2.85. The van der Waals surface area contributed by atoms with E-state index in [-0.39, 0.29) is 0 Å². The Labute approximate surface area is 99.8 Å². The minimum Gasteiger partial charge on any atom is -0.382 e. The van der Waals surface area contributed by atoms with Crippen molar-refractivity contribution in [3.63, 3.8) is 0 Å². The minimum absolute atomic E-state index is 1.15. The van der Waals surface area contributed by atoms with Gasteiger partial charge in [0.1, 0.15) is 12.7 Å². The molecule has 0 rings (SSSR count). The van der Waals surface area contributed by atoms with Crippen molar-refractivity contribution in [1.82, 2.24) is 0 Å². The second-order valence-corrected chi connectivity index (χ2v) is 5.33. The maximum Gasteiger partial charge on any atom is 0.470 e. The van der Waals surface area contributed by atoms with Gasteiger partial charge in [0.25, 0.3) is 0 Å². The smallest absolute Gasteiger partial charge is 0.382 e. The molecule has 1 unspecified atom stereocenters. The third kappa shape index (κ3) is 8.59. The highest BCUT2D eigenvalue weighted by atomic mass is 31.2. The molecule has 0 aromatic carbocycles. The number of phosphoric acid groups is 2. The van der Waals surface area contributed by atoms with E-state index < -0.39 is 46.5 Å². The van der Waals surface area contributed by atoms with Gasteiger partial charge in [-0.3, -0.25) is 18.6 Å². The number of rotatable bonds is 8. The molecule has 0 saturated heterocycles. The quantitative estimate of drug-likeness (QED) is 0.239. The van der Waals surface area contributed by atoms with E-state index in [4.69, 9.17) is 24.7 Å². The number of carbonyl (C=O) groups is 2. The van der Waals surface area contributed by atoms with Gasteiger partial charge in [0.15, 0.2) is 0 Å². The fourth-order valence-corrected chi connectivity index (χ4v) is 1.26. The zero-order valence-electron chi connectivity index (χ0n) is 8.57. The average molecular weight is 308 g/mol. The summed E-state index contributed by atoms with van der Waals surface area (Å²) in [5.74, 6) is -3.04. The number of aliphatic hydroxyl groups excluding tert-OH is 1. The molecule has 5 N–H and O–H groups in total. The van der Waals surface area contributed by atoms with Gasteiger partial charge in [-0.2, -0.15) is 0 Å². The van der Waals surface area contributed by atoms with Crippen molar-refractivity contribution in [2.75, 3.05) is 13.2 Å². The Hall–Kier alpha value is -0.480. The van der Waals surface area contributed by atoms with Crippen molar-refractivity contribution < 1.29 is 52.4 Å². The zero-order chi connectivity index (χ0) is 14.6. The van der Waals surface area contributed by atoms with Gasteiger partial charge in [-0.25, -0.2) is 9.13 Å². The lowest BCUT2D eigenvalue weighted by molar-refractivity contribution is -0.143. The SMILES string of the molecule is O=C(COP(=O)(O)O)C(=O)C(O)COP(=O)(O)O. The van der Waals surface area contributed by atoms with Gasteiger partial charge >= 0.3 is 15.6 Å². The van der Waals surface area contributed by atoms with Crippen molar-refractivity contribution in [2.45, 2.75) is 6.10 Å². The molecule has 18 heavy (non-hydrogen) atoms. The summed E-state index contributed by atoms with van der Waals surface area (Å²) in [6.07, 6.45) is -2.18. The van der Waals surface area contributed by atoms with E-state index in [1.165, 1.54) is 0 Å². The maximum atomic E-state index is 11.0. The van der Waals surface area contributed by atoms with Crippen LogP contribution in [-0.2, 0) is 27.8 Å². The van der Waals surface area contributed by atoms with Crippen LogP contribution in [0.25, 0.3) is 0 Å². The number of aliphatic hydroxyl groups is 1. The molecule has 0 amide bonds. The van der Waals surface area contributed by atoms with Gasteiger partial charge in [-0.1, -0.05) is 0 Å². The fourth-order valence-electron chi connectivity index (χ4n) is 0.643. The summed E-state index contributed by atoms with van der Waals surface area (Å²) in [4.78, 5) is 54.9. The lowest BCUT2D eigenvalue weighted by atomic mass is 10.2. The Morgan fingerprint density at radius 3 is 1.83 bits per heavy atom. The van der Waals surface area contributed by atoms with Crippen LogP contribution in [0.4, 0.5) is 0 Å². The highest BCUT2D eigenvalue weighted by Crippen LogP contribution is 2.36. The normalized spacial score (nSPS) is 14.3. The molecule has 1 atom stereocenters. The zero-order valence-corrected chi connectivity index (χ0v) is 10.4. The van der Waals surface area contributed by atoms with Gasteiger partial charge in [0, 0.05) is 0 Å². The van der Waals surface area contributed by atoms with Crippen LogP contribution in [0.1, 0.15) is 0 Å². The van der Waals surface area contributed by atoms with Crippen LogP contribution in [0.3, 0.4) is 0 Å². The predicted octanol–water partition coefficient (Wildman–Crippen LogP) is -2.30. The van der Waals surface area contributed by atoms with Gasteiger partial charge < -0.3 is 24.7 Å². The number of ketones is 2. The highest BCUT2D eigenvalue weighted by Gasteiger charge is 2.28. The maximum absolute atomic E-state index is 11.0. The Morgan fingerprint density at radius 2 is 1.44 bits per heavy atom. The summed E-state index contributed by atoms with van der Waals surface area (Å²) >= 11 is 0. The van der Waals surface area contributed by atoms with Crippen LogP contribution in [0.2, 0.25) is 0 Å². The molecule has 0 aromatic rings. The molecule has 0 aliphatic carbocycles. The minimum atomic E-state index is -4.94. The molecule has 11 nitrogen and oxygen atoms in total. The van der Waals surface area contributed by atoms with Gasteiger partial charge in [-0.15, -0.1) is 0 Å². The monoisotopic (exact) mass is 308 g/mol. The van der Waals surface area contributed by atoms with E-state index in [1.807, 2.05) is 0 Å². The van der Waals surface area contributed by atoms with Crippen LogP contribution in [0, 0.1) is 0 Å². The van der Waals surface area contributed by atoms with Crippen LogP contribution >= 0.6 is 15.6 Å². The van der Waals surface area contributed by atoms with Gasteiger partial charge in [0.05, 0.1) is 6.61 Å². The third-order valence-corrected chi connectivity index (χ3v) is 2.29. The number of hydrogen-bond donors (Lipinski definition) is 5. The molecule has 0 aliphatic heterocycles. The summed E-state index contributed by atoms with van der Waals surface area (Å²) in [7, 11) is -9.85. The molecule has 0 bridgehead atoms. The van der Waals surface area contributed by atoms with E-state index >= 15 is 0 Å². The van der Waals surface area contributed by atoms with Crippen molar-refractivity contribution >= 4 is 27.2 Å². The van der Waals surface area contributed by atoms with Crippen LogP contribution in [0.5, 0.6) is 0 Å². The van der Waals surface area contributed by atoms with Crippen molar-refractivity contribution in [3.05, 3.63) is 0 Å². The lowest BCUT2D eigenvalue weighted by Gasteiger charge is -2.10. The van der Waals surface area contributed by atoms with E-state index in [9.17, 15) is 18.7 Å². The number of Topliss-reactive ketones (excluding diaryl/α,β-unsaturated/α-hetero) is 2. The summed E-state index contributed by atoms with van der Waals surface area (Å²) in [6.45, 7) is -2.43. The van der Waals surface area contributed by atoms with Gasteiger partial charge in [-0.05, 0) is 0 Å². The highest BCUT2D eigenvalue weighted by molar-refractivity contribution is 7.46. The Morgan fingerprint density at radius 1 is 1.00 bits per heavy atom. The van der Waals surface area contributed by atoms with Gasteiger partial charge in [0.2, 0.25) is 11.6 Å². The summed E-state index contributed by atoms with van der Waals surface area (Å²) in [6, 6.07) is 0. The first kappa shape index (κ1) is 17.5. The van der Waals surface area contributed by atoms with Crippen LogP contribution < -0.4 is 0 Å². The number of hydrogen-bond acceptors (Lipinski definition) is 7. The molecule has 0 aromatic heterocycles. The predicted molar refractivity (Wildman–Crippen MR) is 52.0 cm³/mol. The Balaban J connectivity index is 4.26. The Kier molecular flexibility index (Phi) is 6.44. The topological polar surface area (TPSA) is 188 Å². The molecular weight excluding hydrogens is 298 g/mol. The molecule has 0 aliphatic rings. The van der Waals surface area contributed by atoms with Crippen molar-refractivity contribution in [1.29, 1.82) is 0 Å². The fraction of sp³-hybridized carbons (Fsp3) is 0.600. The molecule has 13 heteroatoms. The van der Waals surface area contributed by atoms with Crippen molar-refractivity contribution in [3.8, 4) is 0 Å². The standard InChI is InChI=1S/C5H10O11P2/c6-3(1-15-17(9,10)11)5(8)4(7)2-16-18(12,13)14/h3,6H,1-2H2,(H2,9,10,11)(H2,12,13,14). The van der Waals surface area contributed by atoms with Crippen LogP contribution in [0.15, 0.2) is 0 Å². The molecular formula is C5H10O11P2. The lowest BCUT2D eigenvalue weighted by Crippen LogP contribution is -2.34. The van der Waals surface area contributed by atoms with Crippen molar-refractivity contribution in [2.24, 2.45) is 0 Å². The largest absolute Gasteiger partial charge is 0.470 e. The average Bonchev–Trinajstić information content (AvgIpc) is 2.19. The summed E-state index contributed by atoms with van der Waals surface area (Å²) in [5, 5.41) is 8.99. The summed E-state index contributed by atoms with van der Waals surface area (Å²) in [5.41, 5.74) is 0. The van der Waals surface area contributed by atoms with E-state index in [0.717, 1.165) is 0 Å². The number of phosphoric ester groups is 2. The number of carbonyl (C=O) groups excluding carboxylic acids is 2. The van der Waals surface area contributed by atoms with E-state index in [0.29, 0.717) is 0 Å². The summed E-state index contributed by atoms with van der Waals surface area (Å²) < 4.78 is 27.9. The van der Waals surface area contributed by atoms with E-state index in [1.54, 1.807) is 0 Å². The molecule has 0 heterocycles. The Bertz CT molecular complexity index is 404. The molecule has 106 valence electrons. The van der Waals surface area contributed by atoms with E-state index in [2.05, 4.69) is 9.05 Å².